The van der Waals surface area contributed by atoms with Gasteiger partial charge in [0.1, 0.15) is 6.10 Å². The summed E-state index contributed by atoms with van der Waals surface area (Å²) in [6.45, 7) is 3.80. The Labute approximate surface area is 124 Å². The first kappa shape index (κ1) is 14.0. The van der Waals surface area contributed by atoms with Gasteiger partial charge in [0.25, 0.3) is 11.8 Å². The lowest BCUT2D eigenvalue weighted by molar-refractivity contribution is -0.135. The van der Waals surface area contributed by atoms with E-state index in [0.717, 1.165) is 17.9 Å². The summed E-state index contributed by atoms with van der Waals surface area (Å²) in [6, 6.07) is 6.81. The molecular weight excluding hydrogens is 266 g/mol. The summed E-state index contributed by atoms with van der Waals surface area (Å²) >= 11 is 0. The van der Waals surface area contributed by atoms with Crippen LogP contribution in [0.5, 0.6) is 0 Å². The van der Waals surface area contributed by atoms with Gasteiger partial charge in [-0.25, -0.2) is 0 Å². The lowest BCUT2D eigenvalue weighted by atomic mass is 9.85. The van der Waals surface area contributed by atoms with Gasteiger partial charge in [0.15, 0.2) is 0 Å². The maximum absolute atomic E-state index is 12.3. The van der Waals surface area contributed by atoms with Gasteiger partial charge in [-0.05, 0) is 30.9 Å². The Balaban J connectivity index is 1.77. The largest absolute Gasteiger partial charge is 0.285 e. The van der Waals surface area contributed by atoms with E-state index in [1.54, 1.807) is 30.3 Å². The minimum atomic E-state index is -0.377. The van der Waals surface area contributed by atoms with Crippen LogP contribution in [0.25, 0.3) is 0 Å². The summed E-state index contributed by atoms with van der Waals surface area (Å²) in [4.78, 5) is 30.3. The molecule has 0 N–H and O–H groups in total. The normalized spacial score (nSPS) is 20.5. The smallest absolute Gasteiger partial charge is 0.266 e. The summed E-state index contributed by atoms with van der Waals surface area (Å²) in [6.07, 6.45) is 7.11. The molecule has 1 aliphatic heterocycles. The fourth-order valence-electron chi connectivity index (χ4n) is 3.17. The summed E-state index contributed by atoms with van der Waals surface area (Å²) < 4.78 is 0. The quantitative estimate of drug-likeness (QED) is 0.629. The number of hydrogen-bond donors (Lipinski definition) is 0. The monoisotopic (exact) mass is 285 g/mol. The second kappa shape index (κ2) is 5.82. The molecule has 1 aliphatic carbocycles. The van der Waals surface area contributed by atoms with Crippen LogP contribution in [-0.2, 0) is 4.84 Å². The molecule has 0 bridgehead atoms. The molecule has 0 unspecified atom stereocenters. The molecule has 4 nitrogen and oxygen atoms in total. The number of carbonyl (C=O) groups is 2. The zero-order chi connectivity index (χ0) is 14.8. The molecule has 21 heavy (non-hydrogen) atoms. The average molecular weight is 285 g/mol. The van der Waals surface area contributed by atoms with Crippen LogP contribution in [0.2, 0.25) is 0 Å². The van der Waals surface area contributed by atoms with E-state index < -0.39 is 0 Å². The van der Waals surface area contributed by atoms with Crippen molar-refractivity contribution in [2.24, 2.45) is 5.92 Å². The molecule has 0 spiro atoms. The van der Waals surface area contributed by atoms with Crippen LogP contribution < -0.4 is 0 Å². The van der Waals surface area contributed by atoms with Crippen LogP contribution in [0.4, 0.5) is 0 Å². The van der Waals surface area contributed by atoms with Gasteiger partial charge in [-0.15, -0.1) is 11.6 Å². The fourth-order valence-corrected chi connectivity index (χ4v) is 3.17. The highest BCUT2D eigenvalue weighted by Gasteiger charge is 2.38. The van der Waals surface area contributed by atoms with E-state index in [4.69, 9.17) is 4.84 Å². The Bertz CT molecular complexity index is 540. The van der Waals surface area contributed by atoms with Crippen molar-refractivity contribution in [3.63, 3.8) is 0 Å². The number of hydroxylamine groups is 2. The van der Waals surface area contributed by atoms with Gasteiger partial charge in [-0.2, -0.15) is 0 Å². The number of amides is 2. The molecule has 1 fully saturated rings. The van der Waals surface area contributed by atoms with Gasteiger partial charge in [0, 0.05) is 0 Å². The van der Waals surface area contributed by atoms with E-state index in [1.165, 1.54) is 19.3 Å². The summed E-state index contributed by atoms with van der Waals surface area (Å²) in [5.41, 5.74) is 0.822. The van der Waals surface area contributed by atoms with Crippen LogP contribution in [0.15, 0.2) is 36.9 Å². The molecule has 1 aromatic carbocycles. The summed E-state index contributed by atoms with van der Waals surface area (Å²) in [7, 11) is 0. The van der Waals surface area contributed by atoms with E-state index in [-0.39, 0.29) is 17.9 Å². The standard InChI is InChI=1S/C17H19NO3/c1-2-15(12-8-4-3-5-9-12)21-18-16(19)13-10-6-7-11-14(13)17(18)20/h2,6-7,10-12,15H,1,3-5,8-9H2/t15-/m1/s1. The van der Waals surface area contributed by atoms with Crippen LogP contribution in [0, 0.1) is 5.92 Å². The van der Waals surface area contributed by atoms with Gasteiger partial charge >= 0.3 is 0 Å². The van der Waals surface area contributed by atoms with Crippen molar-refractivity contribution in [1.29, 1.82) is 0 Å². The highest BCUT2D eigenvalue weighted by atomic mass is 16.7. The van der Waals surface area contributed by atoms with E-state index >= 15 is 0 Å². The second-order valence-electron chi connectivity index (χ2n) is 5.65. The van der Waals surface area contributed by atoms with Gasteiger partial charge in [0.2, 0.25) is 0 Å². The first-order chi connectivity index (χ1) is 10.2. The summed E-state index contributed by atoms with van der Waals surface area (Å²) in [5.74, 6) is -0.419. The molecule has 110 valence electrons. The van der Waals surface area contributed by atoms with Crippen LogP contribution in [0.3, 0.4) is 0 Å². The lowest BCUT2D eigenvalue weighted by Gasteiger charge is -2.29. The van der Waals surface area contributed by atoms with Gasteiger partial charge in [0.05, 0.1) is 11.1 Å². The topological polar surface area (TPSA) is 46.6 Å². The predicted octanol–water partition coefficient (Wildman–Crippen LogP) is 3.35. The van der Waals surface area contributed by atoms with E-state index in [0.29, 0.717) is 17.0 Å². The average Bonchev–Trinajstić information content (AvgIpc) is 2.78. The van der Waals surface area contributed by atoms with Crippen molar-refractivity contribution in [2.75, 3.05) is 0 Å². The first-order valence-corrected chi connectivity index (χ1v) is 7.49. The third-order valence-corrected chi connectivity index (χ3v) is 4.33. The fraction of sp³-hybridized carbons (Fsp3) is 0.412. The van der Waals surface area contributed by atoms with Crippen molar-refractivity contribution in [3.8, 4) is 0 Å². The number of carbonyl (C=O) groups excluding carboxylic acids is 2. The molecule has 1 heterocycles. The molecule has 1 atom stereocenters. The number of nitrogens with zero attached hydrogens (tertiary/aromatic N) is 1. The Hall–Kier alpha value is -1.94. The van der Waals surface area contributed by atoms with E-state index in [9.17, 15) is 9.59 Å². The minimum Gasteiger partial charge on any atom is -0.266 e. The molecule has 1 aromatic rings. The molecule has 1 saturated carbocycles. The highest BCUT2D eigenvalue weighted by molar-refractivity contribution is 6.20. The van der Waals surface area contributed by atoms with Crippen molar-refractivity contribution in [2.45, 2.75) is 38.2 Å². The van der Waals surface area contributed by atoms with Crippen LogP contribution in [0.1, 0.15) is 52.8 Å². The Morgan fingerprint density at radius 1 is 1.10 bits per heavy atom. The maximum atomic E-state index is 12.3. The number of imide groups is 1. The van der Waals surface area contributed by atoms with E-state index in [1.807, 2.05) is 0 Å². The number of fused-ring (bicyclic) bond motifs is 1. The first-order valence-electron chi connectivity index (χ1n) is 7.49. The molecule has 3 rings (SSSR count). The molecule has 2 amide bonds. The highest BCUT2D eigenvalue weighted by Crippen LogP contribution is 2.31. The van der Waals surface area contributed by atoms with Crippen LogP contribution in [-0.4, -0.2) is 23.0 Å². The molecule has 4 heteroatoms. The number of hydrogen-bond acceptors (Lipinski definition) is 3. The van der Waals surface area contributed by atoms with Gasteiger partial charge in [-0.1, -0.05) is 37.5 Å². The van der Waals surface area contributed by atoms with Gasteiger partial charge < -0.3 is 0 Å². The third-order valence-electron chi connectivity index (χ3n) is 4.33. The zero-order valence-electron chi connectivity index (χ0n) is 12.0. The molecular formula is C17H19NO3. The summed E-state index contributed by atoms with van der Waals surface area (Å²) in [5, 5.41) is 0.908. The van der Waals surface area contributed by atoms with Gasteiger partial charge in [-0.3, -0.25) is 14.4 Å². The van der Waals surface area contributed by atoms with Crippen molar-refractivity contribution >= 4 is 11.8 Å². The molecule has 2 aliphatic rings. The Morgan fingerprint density at radius 2 is 1.67 bits per heavy atom. The van der Waals surface area contributed by atoms with Crippen molar-refractivity contribution < 1.29 is 14.4 Å². The Kier molecular flexibility index (Phi) is 3.88. The third kappa shape index (κ3) is 2.51. The minimum absolute atomic E-state index is 0.285. The molecule has 0 aromatic heterocycles. The molecule has 0 radical (unpaired) electrons. The lowest BCUT2D eigenvalue weighted by Crippen LogP contribution is -2.37. The molecule has 0 saturated heterocycles. The predicted molar refractivity (Wildman–Crippen MR) is 78.6 cm³/mol. The zero-order valence-corrected chi connectivity index (χ0v) is 12.0. The Morgan fingerprint density at radius 3 is 2.19 bits per heavy atom. The number of benzene rings is 1. The van der Waals surface area contributed by atoms with Crippen molar-refractivity contribution in [3.05, 3.63) is 48.0 Å². The maximum Gasteiger partial charge on any atom is 0.285 e. The van der Waals surface area contributed by atoms with Crippen molar-refractivity contribution in [1.82, 2.24) is 5.06 Å². The van der Waals surface area contributed by atoms with Crippen LogP contribution >= 0.6 is 0 Å². The second-order valence-corrected chi connectivity index (χ2v) is 5.65. The van der Waals surface area contributed by atoms with E-state index in [2.05, 4.69) is 6.58 Å². The SMILES string of the molecule is C=C[C@@H](ON1C(=O)c2ccccc2C1=O)C1CCCCC1. The number of rotatable bonds is 4.